The molecule has 118 valence electrons. The van der Waals surface area contributed by atoms with E-state index in [0.717, 1.165) is 31.5 Å². The van der Waals surface area contributed by atoms with Crippen LogP contribution in [-0.4, -0.2) is 42.2 Å². The van der Waals surface area contributed by atoms with E-state index < -0.39 is 13.0 Å². The van der Waals surface area contributed by atoms with E-state index in [0.29, 0.717) is 17.7 Å². The fraction of sp³-hybridized carbons (Fsp3) is 0.625. The van der Waals surface area contributed by atoms with Gasteiger partial charge in [-0.25, -0.2) is 8.78 Å². The van der Waals surface area contributed by atoms with Crippen LogP contribution < -0.4 is 4.74 Å². The number of hydrogen-bond donors (Lipinski definition) is 1. The number of likely N-dealkylation sites (tertiary alicyclic amines) is 1. The smallest absolute Gasteiger partial charge is 0.272 e. The molecule has 1 saturated heterocycles. The van der Waals surface area contributed by atoms with E-state index in [1.54, 1.807) is 12.1 Å². The van der Waals surface area contributed by atoms with Crippen molar-refractivity contribution < 1.29 is 18.6 Å². The van der Waals surface area contributed by atoms with Crippen molar-refractivity contribution >= 4 is 0 Å². The highest BCUT2D eigenvalue weighted by molar-refractivity contribution is 5.27. The summed E-state index contributed by atoms with van der Waals surface area (Å²) in [5, 5.41) is 9.30. The predicted octanol–water partition coefficient (Wildman–Crippen LogP) is 2.92. The highest BCUT2D eigenvalue weighted by atomic mass is 19.3. The van der Waals surface area contributed by atoms with Gasteiger partial charge in [0.1, 0.15) is 12.4 Å². The minimum atomic E-state index is -2.45. The maximum absolute atomic E-state index is 12.1. The number of hydrogen-bond acceptors (Lipinski definition) is 3. The first-order chi connectivity index (χ1) is 10.1. The molecule has 1 aromatic rings. The van der Waals surface area contributed by atoms with Crippen LogP contribution >= 0.6 is 0 Å². The Morgan fingerprint density at radius 2 is 2.00 bits per heavy atom. The van der Waals surface area contributed by atoms with E-state index in [-0.39, 0.29) is 6.61 Å². The summed E-state index contributed by atoms with van der Waals surface area (Å²) in [6.07, 6.45) is -0.274. The molecular formula is C16H23F2NO2. The molecule has 1 N–H and O–H groups in total. The quantitative estimate of drug-likeness (QED) is 0.876. The van der Waals surface area contributed by atoms with Crippen LogP contribution in [0.2, 0.25) is 0 Å². The third-order valence-electron chi connectivity index (χ3n) is 4.05. The average Bonchev–Trinajstić information content (AvgIpc) is 2.48. The van der Waals surface area contributed by atoms with Crippen molar-refractivity contribution in [3.63, 3.8) is 0 Å². The zero-order valence-electron chi connectivity index (χ0n) is 12.3. The Kier molecular flexibility index (Phi) is 5.94. The fourth-order valence-corrected chi connectivity index (χ4v) is 2.72. The van der Waals surface area contributed by atoms with Gasteiger partial charge in [-0.05, 0) is 43.4 Å². The maximum atomic E-state index is 12.1. The molecule has 21 heavy (non-hydrogen) atoms. The van der Waals surface area contributed by atoms with Crippen LogP contribution in [0.1, 0.15) is 25.3 Å². The number of piperidine rings is 1. The van der Waals surface area contributed by atoms with Gasteiger partial charge in [0.25, 0.3) is 6.43 Å². The van der Waals surface area contributed by atoms with Gasteiger partial charge in [0.2, 0.25) is 0 Å². The van der Waals surface area contributed by atoms with Gasteiger partial charge in [-0.3, -0.25) is 4.90 Å². The SMILES string of the molecule is CC1CCC(CO)CN1Cc1ccc(OCC(F)F)cc1. The number of aliphatic hydroxyl groups is 1. The van der Waals surface area contributed by atoms with Gasteiger partial charge in [-0.15, -0.1) is 0 Å². The molecule has 1 heterocycles. The maximum Gasteiger partial charge on any atom is 0.272 e. The van der Waals surface area contributed by atoms with Crippen molar-refractivity contribution in [1.82, 2.24) is 4.90 Å². The molecule has 1 aromatic carbocycles. The topological polar surface area (TPSA) is 32.7 Å². The zero-order chi connectivity index (χ0) is 15.2. The number of halogens is 2. The third kappa shape index (κ3) is 4.93. The highest BCUT2D eigenvalue weighted by Crippen LogP contribution is 2.24. The summed E-state index contributed by atoms with van der Waals surface area (Å²) in [4.78, 5) is 2.36. The van der Waals surface area contributed by atoms with Crippen LogP contribution in [-0.2, 0) is 6.54 Å². The first kappa shape index (κ1) is 16.2. The zero-order valence-corrected chi connectivity index (χ0v) is 12.3. The second kappa shape index (κ2) is 7.71. The van der Waals surface area contributed by atoms with Gasteiger partial charge < -0.3 is 9.84 Å². The average molecular weight is 299 g/mol. The number of rotatable bonds is 6. The molecule has 0 aromatic heterocycles. The van der Waals surface area contributed by atoms with Gasteiger partial charge in [0, 0.05) is 25.7 Å². The van der Waals surface area contributed by atoms with Crippen LogP contribution in [0.15, 0.2) is 24.3 Å². The number of aliphatic hydroxyl groups excluding tert-OH is 1. The summed E-state index contributed by atoms with van der Waals surface area (Å²) >= 11 is 0. The van der Waals surface area contributed by atoms with Crippen LogP contribution in [0.3, 0.4) is 0 Å². The van der Waals surface area contributed by atoms with E-state index in [4.69, 9.17) is 4.74 Å². The largest absolute Gasteiger partial charge is 0.488 e. The number of ether oxygens (including phenoxy) is 1. The molecule has 1 fully saturated rings. The van der Waals surface area contributed by atoms with Crippen molar-refractivity contribution in [3.05, 3.63) is 29.8 Å². The molecular weight excluding hydrogens is 276 g/mol. The first-order valence-corrected chi connectivity index (χ1v) is 7.43. The van der Waals surface area contributed by atoms with Crippen molar-refractivity contribution in [2.75, 3.05) is 19.8 Å². The molecule has 0 spiro atoms. The lowest BCUT2D eigenvalue weighted by molar-refractivity contribution is 0.0768. The van der Waals surface area contributed by atoms with Crippen LogP contribution in [0.25, 0.3) is 0 Å². The Balaban J connectivity index is 1.90. The predicted molar refractivity (Wildman–Crippen MR) is 77.6 cm³/mol. The second-order valence-electron chi connectivity index (χ2n) is 5.75. The van der Waals surface area contributed by atoms with Gasteiger partial charge in [-0.1, -0.05) is 12.1 Å². The highest BCUT2D eigenvalue weighted by Gasteiger charge is 2.24. The third-order valence-corrected chi connectivity index (χ3v) is 4.05. The molecule has 0 saturated carbocycles. The van der Waals surface area contributed by atoms with E-state index in [9.17, 15) is 13.9 Å². The van der Waals surface area contributed by atoms with Gasteiger partial charge in [-0.2, -0.15) is 0 Å². The molecule has 5 heteroatoms. The number of benzene rings is 1. The molecule has 0 bridgehead atoms. The monoisotopic (exact) mass is 299 g/mol. The van der Waals surface area contributed by atoms with E-state index >= 15 is 0 Å². The molecule has 2 atom stereocenters. The molecule has 1 aliphatic rings. The Labute approximate surface area is 124 Å². The minimum Gasteiger partial charge on any atom is -0.488 e. The molecule has 3 nitrogen and oxygen atoms in total. The number of alkyl halides is 2. The number of nitrogens with zero attached hydrogens (tertiary/aromatic N) is 1. The lowest BCUT2D eigenvalue weighted by Crippen LogP contribution is -2.42. The normalized spacial score (nSPS) is 23.5. The molecule has 2 rings (SSSR count). The van der Waals surface area contributed by atoms with Crippen molar-refractivity contribution in [2.24, 2.45) is 5.92 Å². The molecule has 1 aliphatic heterocycles. The summed E-state index contributed by atoms with van der Waals surface area (Å²) < 4.78 is 29.1. The van der Waals surface area contributed by atoms with E-state index in [1.165, 1.54) is 0 Å². The summed E-state index contributed by atoms with van der Waals surface area (Å²) in [5.41, 5.74) is 1.13. The summed E-state index contributed by atoms with van der Waals surface area (Å²) in [5.74, 6) is 0.828. The van der Waals surface area contributed by atoms with Crippen molar-refractivity contribution in [2.45, 2.75) is 38.8 Å². The fourth-order valence-electron chi connectivity index (χ4n) is 2.72. The Hall–Kier alpha value is -1.20. The van der Waals surface area contributed by atoms with Crippen LogP contribution in [0.5, 0.6) is 5.75 Å². The lowest BCUT2D eigenvalue weighted by atomic mass is 9.93. The van der Waals surface area contributed by atoms with Crippen molar-refractivity contribution in [1.29, 1.82) is 0 Å². The Bertz CT molecular complexity index is 425. The van der Waals surface area contributed by atoms with Crippen LogP contribution in [0.4, 0.5) is 8.78 Å². The van der Waals surface area contributed by atoms with Gasteiger partial charge in [0.15, 0.2) is 0 Å². The Morgan fingerprint density at radius 3 is 2.62 bits per heavy atom. The Morgan fingerprint density at radius 1 is 1.29 bits per heavy atom. The van der Waals surface area contributed by atoms with E-state index in [2.05, 4.69) is 11.8 Å². The molecule has 0 aliphatic carbocycles. The standard InChI is InChI=1S/C16H23F2NO2/c1-12-2-3-14(10-20)9-19(12)8-13-4-6-15(7-5-13)21-11-16(17)18/h4-7,12,14,16,20H,2-3,8-11H2,1H3. The summed E-state index contributed by atoms with van der Waals surface area (Å²) in [7, 11) is 0. The van der Waals surface area contributed by atoms with Crippen LogP contribution in [0, 0.1) is 5.92 Å². The summed E-state index contributed by atoms with van der Waals surface area (Å²) in [6.45, 7) is 3.59. The van der Waals surface area contributed by atoms with Crippen molar-refractivity contribution in [3.8, 4) is 5.75 Å². The van der Waals surface area contributed by atoms with E-state index in [1.807, 2.05) is 12.1 Å². The second-order valence-corrected chi connectivity index (χ2v) is 5.75. The summed E-state index contributed by atoms with van der Waals surface area (Å²) in [6, 6.07) is 7.79. The molecule has 0 amide bonds. The van der Waals surface area contributed by atoms with Gasteiger partial charge in [0.05, 0.1) is 0 Å². The minimum absolute atomic E-state index is 0.240. The lowest BCUT2D eigenvalue weighted by Gasteiger charge is -2.37. The first-order valence-electron chi connectivity index (χ1n) is 7.43. The molecule has 0 radical (unpaired) electrons. The molecule has 2 unspecified atom stereocenters. The van der Waals surface area contributed by atoms with Gasteiger partial charge >= 0.3 is 0 Å².